The highest BCUT2D eigenvalue weighted by Crippen LogP contribution is 2.31. The molecule has 1 aromatic heterocycles. The first-order valence-electron chi connectivity index (χ1n) is 8.66. The van der Waals surface area contributed by atoms with E-state index in [0.29, 0.717) is 46.9 Å². The molecule has 0 radical (unpaired) electrons. The molecule has 0 saturated carbocycles. The zero-order chi connectivity index (χ0) is 19.0. The zero-order valence-electron chi connectivity index (χ0n) is 14.3. The molecule has 27 heavy (non-hydrogen) atoms. The second kappa shape index (κ2) is 7.75. The molecule has 2 amide bonds. The Morgan fingerprint density at radius 3 is 2.96 bits per heavy atom. The molecule has 1 saturated heterocycles. The van der Waals surface area contributed by atoms with E-state index in [0.717, 1.165) is 23.4 Å². The number of nitrogens with zero attached hydrogens (tertiary/aromatic N) is 2. The molecule has 1 atom stereocenters. The maximum atomic E-state index is 12.8. The number of anilines is 1. The van der Waals surface area contributed by atoms with E-state index in [4.69, 9.17) is 27.9 Å². The minimum Gasteiger partial charge on any atom is -0.368 e. The number of amides is 2. The lowest BCUT2D eigenvalue weighted by Gasteiger charge is -2.26. The van der Waals surface area contributed by atoms with Crippen LogP contribution in [-0.2, 0) is 22.5 Å². The number of carbonyl (C=O) groups excluding carboxylic acids is 2. The fourth-order valence-corrected chi connectivity index (χ4v) is 4.62. The summed E-state index contributed by atoms with van der Waals surface area (Å²) in [5.74, 6) is -0.316. The number of hydrogen-bond acceptors (Lipinski definition) is 5. The van der Waals surface area contributed by atoms with Crippen molar-refractivity contribution < 1.29 is 14.3 Å². The van der Waals surface area contributed by atoms with Crippen molar-refractivity contribution in [3.63, 3.8) is 0 Å². The van der Waals surface area contributed by atoms with Crippen LogP contribution in [-0.4, -0.2) is 41.0 Å². The molecule has 3 heterocycles. The minimum atomic E-state index is -0.394. The van der Waals surface area contributed by atoms with Gasteiger partial charge in [-0.2, -0.15) is 0 Å². The summed E-state index contributed by atoms with van der Waals surface area (Å²) in [5.41, 5.74) is 1.31. The molecule has 0 spiro atoms. The highest BCUT2D eigenvalue weighted by atomic mass is 35.5. The minimum absolute atomic E-state index is 0.155. The molecule has 2 aliphatic rings. The predicted octanol–water partition coefficient (Wildman–Crippen LogP) is 3.77. The number of hydrogen-bond donors (Lipinski definition) is 1. The van der Waals surface area contributed by atoms with Gasteiger partial charge in [-0.15, -0.1) is 0 Å². The van der Waals surface area contributed by atoms with Gasteiger partial charge >= 0.3 is 0 Å². The fourth-order valence-electron chi connectivity index (χ4n) is 3.22. The predicted molar refractivity (Wildman–Crippen MR) is 105 cm³/mol. The van der Waals surface area contributed by atoms with Crippen LogP contribution in [0.2, 0.25) is 10.0 Å². The van der Waals surface area contributed by atoms with Crippen LogP contribution in [0.5, 0.6) is 0 Å². The smallest absolute Gasteiger partial charge is 0.255 e. The van der Waals surface area contributed by atoms with Crippen LogP contribution in [0.25, 0.3) is 0 Å². The van der Waals surface area contributed by atoms with Gasteiger partial charge in [-0.25, -0.2) is 4.98 Å². The van der Waals surface area contributed by atoms with Crippen LogP contribution >= 0.6 is 34.5 Å². The first-order valence-corrected chi connectivity index (χ1v) is 10.2. The SMILES string of the molecule is O=C(Nc1nc2c(s1)CN(C(=O)c1cc(Cl)ccc1Cl)CC2)C1CCCO1. The molecule has 0 bridgehead atoms. The third kappa shape index (κ3) is 3.96. The monoisotopic (exact) mass is 425 g/mol. The third-order valence-corrected chi connectivity index (χ3v) is 6.19. The van der Waals surface area contributed by atoms with Gasteiger partial charge < -0.3 is 9.64 Å². The summed E-state index contributed by atoms with van der Waals surface area (Å²) >= 11 is 13.6. The number of benzene rings is 1. The highest BCUT2D eigenvalue weighted by molar-refractivity contribution is 7.15. The van der Waals surface area contributed by atoms with Crippen molar-refractivity contribution in [2.75, 3.05) is 18.5 Å². The van der Waals surface area contributed by atoms with Crippen LogP contribution in [0, 0.1) is 0 Å². The molecule has 9 heteroatoms. The zero-order valence-corrected chi connectivity index (χ0v) is 16.7. The van der Waals surface area contributed by atoms with Crippen LogP contribution in [0.3, 0.4) is 0 Å². The topological polar surface area (TPSA) is 71.5 Å². The number of rotatable bonds is 3. The average molecular weight is 426 g/mol. The summed E-state index contributed by atoms with van der Waals surface area (Å²) in [5, 5.41) is 4.23. The Morgan fingerprint density at radius 1 is 1.33 bits per heavy atom. The molecule has 2 aromatic rings. The summed E-state index contributed by atoms with van der Waals surface area (Å²) in [7, 11) is 0. The molecule has 4 rings (SSSR count). The number of fused-ring (bicyclic) bond motifs is 1. The Hall–Kier alpha value is -1.67. The van der Waals surface area contributed by atoms with E-state index in [1.807, 2.05) is 0 Å². The van der Waals surface area contributed by atoms with Crippen molar-refractivity contribution >= 4 is 51.5 Å². The van der Waals surface area contributed by atoms with E-state index in [2.05, 4.69) is 10.3 Å². The van der Waals surface area contributed by atoms with Gasteiger partial charge in [-0.05, 0) is 31.0 Å². The molecule has 1 N–H and O–H groups in total. The van der Waals surface area contributed by atoms with E-state index in [-0.39, 0.29) is 11.8 Å². The van der Waals surface area contributed by atoms with Crippen molar-refractivity contribution in [1.82, 2.24) is 9.88 Å². The fraction of sp³-hybridized carbons (Fsp3) is 0.389. The highest BCUT2D eigenvalue weighted by Gasteiger charge is 2.28. The van der Waals surface area contributed by atoms with Crippen molar-refractivity contribution in [3.8, 4) is 0 Å². The summed E-state index contributed by atoms with van der Waals surface area (Å²) in [4.78, 5) is 32.2. The normalized spacial score (nSPS) is 19.0. The van der Waals surface area contributed by atoms with Gasteiger partial charge in [-0.3, -0.25) is 14.9 Å². The van der Waals surface area contributed by atoms with E-state index in [9.17, 15) is 9.59 Å². The van der Waals surface area contributed by atoms with E-state index in [1.165, 1.54) is 11.3 Å². The maximum Gasteiger partial charge on any atom is 0.255 e. The lowest BCUT2D eigenvalue weighted by Crippen LogP contribution is -2.35. The number of halogens is 2. The van der Waals surface area contributed by atoms with Gasteiger partial charge in [0, 0.05) is 29.5 Å². The van der Waals surface area contributed by atoms with Gasteiger partial charge in [-0.1, -0.05) is 34.5 Å². The van der Waals surface area contributed by atoms with Crippen molar-refractivity contribution in [3.05, 3.63) is 44.4 Å². The van der Waals surface area contributed by atoms with Crippen molar-refractivity contribution in [2.24, 2.45) is 0 Å². The van der Waals surface area contributed by atoms with E-state index in [1.54, 1.807) is 23.1 Å². The summed E-state index contributed by atoms with van der Waals surface area (Å²) in [6.45, 7) is 1.59. The summed E-state index contributed by atoms with van der Waals surface area (Å²) in [6, 6.07) is 4.86. The number of nitrogens with one attached hydrogen (secondary N) is 1. The van der Waals surface area contributed by atoms with Gasteiger partial charge in [0.2, 0.25) is 0 Å². The van der Waals surface area contributed by atoms with E-state index < -0.39 is 6.10 Å². The van der Waals surface area contributed by atoms with Crippen molar-refractivity contribution in [2.45, 2.75) is 31.9 Å². The Morgan fingerprint density at radius 2 is 2.19 bits per heavy atom. The average Bonchev–Trinajstić information content (AvgIpc) is 3.31. The first-order chi connectivity index (χ1) is 13.0. The number of carbonyl (C=O) groups is 2. The molecule has 1 unspecified atom stereocenters. The first kappa shape index (κ1) is 18.7. The Bertz CT molecular complexity index is 896. The van der Waals surface area contributed by atoms with Gasteiger partial charge in [0.05, 0.1) is 22.8 Å². The second-order valence-electron chi connectivity index (χ2n) is 6.48. The standard InChI is InChI=1S/C18H17Cl2N3O3S/c19-10-3-4-12(20)11(8-10)17(25)23-6-5-13-15(9-23)27-18(21-13)22-16(24)14-2-1-7-26-14/h3-4,8,14H,1-2,5-7,9H2,(H,21,22,24). The van der Waals surface area contributed by atoms with Gasteiger partial charge in [0.1, 0.15) is 6.10 Å². The molecule has 142 valence electrons. The molecule has 0 aliphatic carbocycles. The van der Waals surface area contributed by atoms with Crippen LogP contribution in [0.4, 0.5) is 5.13 Å². The number of ether oxygens (including phenoxy) is 1. The van der Waals surface area contributed by atoms with E-state index >= 15 is 0 Å². The van der Waals surface area contributed by atoms with Crippen LogP contribution in [0.15, 0.2) is 18.2 Å². The van der Waals surface area contributed by atoms with Crippen LogP contribution < -0.4 is 5.32 Å². The molecular formula is C18H17Cl2N3O3S. The van der Waals surface area contributed by atoms with Crippen LogP contribution in [0.1, 0.15) is 33.8 Å². The molecule has 2 aliphatic heterocycles. The second-order valence-corrected chi connectivity index (χ2v) is 8.41. The summed E-state index contributed by atoms with van der Waals surface area (Å²) < 4.78 is 5.40. The molecule has 1 aromatic carbocycles. The summed E-state index contributed by atoms with van der Waals surface area (Å²) in [6.07, 6.45) is 1.87. The van der Waals surface area contributed by atoms with Crippen molar-refractivity contribution in [1.29, 1.82) is 0 Å². The Kier molecular flexibility index (Phi) is 5.36. The Balaban J connectivity index is 1.47. The lowest BCUT2D eigenvalue weighted by atomic mass is 10.1. The van der Waals surface area contributed by atoms with Gasteiger partial charge in [0.15, 0.2) is 5.13 Å². The lowest BCUT2D eigenvalue weighted by molar-refractivity contribution is -0.124. The Labute approximate surface area is 170 Å². The number of aromatic nitrogens is 1. The third-order valence-electron chi connectivity index (χ3n) is 4.63. The molecule has 1 fully saturated rings. The quantitative estimate of drug-likeness (QED) is 0.811. The van der Waals surface area contributed by atoms with Gasteiger partial charge in [0.25, 0.3) is 11.8 Å². The maximum absolute atomic E-state index is 12.8. The number of thiazole rings is 1. The molecular weight excluding hydrogens is 409 g/mol. The molecule has 6 nitrogen and oxygen atoms in total. The largest absolute Gasteiger partial charge is 0.368 e.